The van der Waals surface area contributed by atoms with Crippen molar-refractivity contribution in [3.05, 3.63) is 24.3 Å². The van der Waals surface area contributed by atoms with Crippen LogP contribution < -0.4 is 10.1 Å². The van der Waals surface area contributed by atoms with Gasteiger partial charge in [-0.3, -0.25) is 4.79 Å². The van der Waals surface area contributed by atoms with Crippen LogP contribution >= 0.6 is 0 Å². The number of carbonyl (C=O) groups excluding carboxylic acids is 1. The molecular formula is C15H13F7N4O3. The first-order chi connectivity index (χ1) is 13.3. The SMILES string of the molecule is O=C(CNc1ncnc2c(F)c(OC(F)(F)F)ccc12)N1CCC1.OC(F)(F)F. The maximum absolute atomic E-state index is 14.2. The smallest absolute Gasteiger partial charge is 0.403 e. The molecule has 0 radical (unpaired) electrons. The lowest BCUT2D eigenvalue weighted by atomic mass is 10.2. The Bertz CT molecular complexity index is 863. The Labute approximate surface area is 158 Å². The molecule has 1 fully saturated rings. The second-order valence-electron chi connectivity index (χ2n) is 5.60. The third-order valence-electron chi connectivity index (χ3n) is 3.55. The van der Waals surface area contributed by atoms with Crippen LogP contribution in [-0.4, -0.2) is 58.2 Å². The van der Waals surface area contributed by atoms with E-state index in [9.17, 15) is 35.5 Å². The second kappa shape index (κ2) is 8.63. The van der Waals surface area contributed by atoms with E-state index in [2.05, 4.69) is 20.0 Å². The van der Waals surface area contributed by atoms with Crippen molar-refractivity contribution >= 4 is 22.6 Å². The molecule has 0 atom stereocenters. The van der Waals surface area contributed by atoms with E-state index in [0.717, 1.165) is 18.8 Å². The summed E-state index contributed by atoms with van der Waals surface area (Å²) in [6, 6.07) is 2.05. The predicted molar refractivity (Wildman–Crippen MR) is 84.1 cm³/mol. The molecule has 0 unspecified atom stereocenters. The van der Waals surface area contributed by atoms with Gasteiger partial charge in [-0.15, -0.1) is 26.3 Å². The van der Waals surface area contributed by atoms with Gasteiger partial charge in [0, 0.05) is 18.5 Å². The number of likely N-dealkylation sites (tertiary alicyclic amines) is 1. The van der Waals surface area contributed by atoms with Crippen LogP contribution in [0.15, 0.2) is 18.5 Å². The van der Waals surface area contributed by atoms with Gasteiger partial charge in [0.25, 0.3) is 0 Å². The van der Waals surface area contributed by atoms with Gasteiger partial charge in [-0.25, -0.2) is 14.4 Å². The maximum atomic E-state index is 14.2. The van der Waals surface area contributed by atoms with Crippen molar-refractivity contribution in [2.24, 2.45) is 0 Å². The molecule has 1 aliphatic rings. The number of hydrogen-bond acceptors (Lipinski definition) is 6. The number of rotatable bonds is 4. The van der Waals surface area contributed by atoms with Crippen molar-refractivity contribution in [1.82, 2.24) is 14.9 Å². The molecule has 1 aromatic carbocycles. The fraction of sp³-hybridized carbons (Fsp3) is 0.400. The van der Waals surface area contributed by atoms with E-state index in [1.807, 2.05) is 0 Å². The number of aromatic nitrogens is 2. The first-order valence-corrected chi connectivity index (χ1v) is 7.85. The quantitative estimate of drug-likeness (QED) is 0.726. The molecule has 1 amide bonds. The number of halogens is 7. The summed E-state index contributed by atoms with van der Waals surface area (Å²) < 4.78 is 84.2. The molecule has 1 saturated heterocycles. The Balaban J connectivity index is 0.000000537. The topological polar surface area (TPSA) is 87.6 Å². The number of benzene rings is 1. The van der Waals surface area contributed by atoms with Crippen molar-refractivity contribution in [2.75, 3.05) is 25.0 Å². The van der Waals surface area contributed by atoms with Crippen molar-refractivity contribution < 1.29 is 45.4 Å². The summed E-state index contributed by atoms with van der Waals surface area (Å²) in [5, 5.41) is 9.43. The average molecular weight is 430 g/mol. The van der Waals surface area contributed by atoms with E-state index in [-0.39, 0.29) is 29.2 Å². The summed E-state index contributed by atoms with van der Waals surface area (Å²) in [6.45, 7) is 1.34. The zero-order valence-corrected chi connectivity index (χ0v) is 14.3. The summed E-state index contributed by atoms with van der Waals surface area (Å²) in [7, 11) is 0. The highest BCUT2D eigenvalue weighted by atomic mass is 19.4. The minimum absolute atomic E-state index is 0.0471. The average Bonchev–Trinajstić information content (AvgIpc) is 2.51. The summed E-state index contributed by atoms with van der Waals surface area (Å²) in [4.78, 5) is 21.0. The standard InChI is InChI=1S/C14H12F4N4O2.CHF3O/c15-11-9(24-14(16,17)18)3-2-8-12(11)20-7-21-13(8)19-6-10(23)22-4-1-5-22;2-1(3,4)5/h2-3,7H,1,4-6H2,(H,19,20,21);5H. The molecule has 0 spiro atoms. The van der Waals surface area contributed by atoms with Crippen molar-refractivity contribution in [3.63, 3.8) is 0 Å². The number of nitrogens with zero attached hydrogens (tertiary/aromatic N) is 3. The van der Waals surface area contributed by atoms with E-state index < -0.39 is 24.3 Å². The van der Waals surface area contributed by atoms with Crippen LogP contribution in [0.3, 0.4) is 0 Å². The molecule has 2 heterocycles. The van der Waals surface area contributed by atoms with E-state index in [1.165, 1.54) is 6.07 Å². The number of amides is 1. The minimum Gasteiger partial charge on any atom is -0.403 e. The van der Waals surface area contributed by atoms with Crippen LogP contribution in [0.25, 0.3) is 10.9 Å². The largest absolute Gasteiger partial charge is 0.573 e. The lowest BCUT2D eigenvalue weighted by Crippen LogP contribution is -2.44. The van der Waals surface area contributed by atoms with Crippen LogP contribution in [0.2, 0.25) is 0 Å². The van der Waals surface area contributed by atoms with Crippen LogP contribution in [0.1, 0.15) is 6.42 Å². The first kappa shape index (κ1) is 22.4. The first-order valence-electron chi connectivity index (χ1n) is 7.85. The Morgan fingerprint density at radius 2 is 1.79 bits per heavy atom. The Morgan fingerprint density at radius 1 is 1.17 bits per heavy atom. The molecule has 0 aliphatic carbocycles. The Morgan fingerprint density at radius 3 is 2.31 bits per heavy atom. The molecule has 29 heavy (non-hydrogen) atoms. The Kier molecular flexibility index (Phi) is 6.66. The number of ether oxygens (including phenoxy) is 1. The van der Waals surface area contributed by atoms with Gasteiger partial charge in [0.1, 0.15) is 17.7 Å². The molecular weight excluding hydrogens is 417 g/mol. The highest BCUT2D eigenvalue weighted by Gasteiger charge is 2.33. The molecule has 160 valence electrons. The van der Waals surface area contributed by atoms with Crippen LogP contribution in [0.4, 0.5) is 36.6 Å². The van der Waals surface area contributed by atoms with Gasteiger partial charge in [-0.05, 0) is 18.6 Å². The molecule has 0 bridgehead atoms. The van der Waals surface area contributed by atoms with Gasteiger partial charge < -0.3 is 20.1 Å². The summed E-state index contributed by atoms with van der Waals surface area (Å²) in [5.74, 6) is -2.20. The van der Waals surface area contributed by atoms with Crippen molar-refractivity contribution in [3.8, 4) is 5.75 Å². The monoisotopic (exact) mass is 430 g/mol. The van der Waals surface area contributed by atoms with Gasteiger partial charge >= 0.3 is 12.7 Å². The predicted octanol–water partition coefficient (Wildman–Crippen LogP) is 2.81. The van der Waals surface area contributed by atoms with Gasteiger partial charge in [-0.2, -0.15) is 0 Å². The van der Waals surface area contributed by atoms with E-state index in [0.29, 0.717) is 13.1 Å². The zero-order valence-electron chi connectivity index (χ0n) is 14.3. The molecule has 2 N–H and O–H groups in total. The highest BCUT2D eigenvalue weighted by Crippen LogP contribution is 2.31. The number of fused-ring (bicyclic) bond motifs is 1. The molecule has 1 aromatic heterocycles. The second-order valence-corrected chi connectivity index (χ2v) is 5.60. The fourth-order valence-electron chi connectivity index (χ4n) is 2.26. The molecule has 2 aromatic rings. The van der Waals surface area contributed by atoms with Gasteiger partial charge in [0.05, 0.1) is 6.54 Å². The molecule has 0 saturated carbocycles. The third-order valence-corrected chi connectivity index (χ3v) is 3.55. The molecule has 14 heteroatoms. The summed E-state index contributed by atoms with van der Waals surface area (Å²) in [6.07, 6.45) is -8.05. The number of nitrogens with one attached hydrogen (secondary N) is 1. The normalized spacial score (nSPS) is 14.0. The van der Waals surface area contributed by atoms with Gasteiger partial charge in [-0.1, -0.05) is 0 Å². The lowest BCUT2D eigenvalue weighted by Gasteiger charge is -2.31. The fourth-order valence-corrected chi connectivity index (χ4v) is 2.26. The van der Waals surface area contributed by atoms with Gasteiger partial charge in [0.2, 0.25) is 5.91 Å². The van der Waals surface area contributed by atoms with Crippen LogP contribution in [0, 0.1) is 5.82 Å². The number of alkyl halides is 6. The Hall–Kier alpha value is -2.90. The number of carbonyl (C=O) groups is 1. The third kappa shape index (κ3) is 6.89. The summed E-state index contributed by atoms with van der Waals surface area (Å²) >= 11 is 0. The molecule has 3 rings (SSSR count). The number of anilines is 1. The van der Waals surface area contributed by atoms with Crippen molar-refractivity contribution in [2.45, 2.75) is 19.1 Å². The number of aliphatic hydroxyl groups is 1. The van der Waals surface area contributed by atoms with E-state index in [1.54, 1.807) is 4.90 Å². The minimum atomic E-state index is -5.01. The van der Waals surface area contributed by atoms with Crippen molar-refractivity contribution in [1.29, 1.82) is 0 Å². The lowest BCUT2D eigenvalue weighted by molar-refractivity contribution is -0.295. The van der Waals surface area contributed by atoms with Gasteiger partial charge in [0.15, 0.2) is 11.6 Å². The zero-order chi connectivity index (χ0) is 21.8. The molecule has 7 nitrogen and oxygen atoms in total. The number of hydrogen-bond donors (Lipinski definition) is 2. The van der Waals surface area contributed by atoms with Crippen LogP contribution in [-0.2, 0) is 4.79 Å². The summed E-state index contributed by atoms with van der Waals surface area (Å²) in [5.41, 5.74) is -0.328. The van der Waals surface area contributed by atoms with E-state index in [4.69, 9.17) is 5.11 Å². The van der Waals surface area contributed by atoms with Crippen LogP contribution in [0.5, 0.6) is 5.75 Å². The maximum Gasteiger partial charge on any atom is 0.573 e. The van der Waals surface area contributed by atoms with E-state index >= 15 is 0 Å². The molecule has 1 aliphatic heterocycles. The highest BCUT2D eigenvalue weighted by molar-refractivity contribution is 5.92.